The van der Waals surface area contributed by atoms with Crippen molar-refractivity contribution in [2.45, 2.75) is 57.9 Å². The van der Waals surface area contributed by atoms with Crippen molar-refractivity contribution in [1.29, 1.82) is 0 Å². The molecule has 0 spiro atoms. The molecule has 3 N–H and O–H groups in total. The molecule has 6 heteroatoms. The van der Waals surface area contributed by atoms with E-state index in [1.165, 1.54) is 38.5 Å². The van der Waals surface area contributed by atoms with Crippen LogP contribution in [0.25, 0.3) is 0 Å². The monoisotopic (exact) mass is 290 g/mol. The molecule has 1 aromatic heterocycles. The van der Waals surface area contributed by atoms with E-state index in [1.54, 1.807) is 0 Å². The summed E-state index contributed by atoms with van der Waals surface area (Å²) in [6.07, 6.45) is 8.73. The molecule has 0 amide bonds. The van der Waals surface area contributed by atoms with Gasteiger partial charge in [-0.15, -0.1) is 0 Å². The highest BCUT2D eigenvalue weighted by molar-refractivity contribution is 5.42. The van der Waals surface area contributed by atoms with Crippen molar-refractivity contribution in [3.8, 4) is 0 Å². The number of rotatable bonds is 6. The van der Waals surface area contributed by atoms with Gasteiger partial charge in [0.1, 0.15) is 0 Å². The van der Waals surface area contributed by atoms with E-state index >= 15 is 0 Å². The Morgan fingerprint density at radius 1 is 1.19 bits per heavy atom. The van der Waals surface area contributed by atoms with Gasteiger partial charge in [-0.2, -0.15) is 15.0 Å². The SMILES string of the molecule is CCC(CC1CC1)Nc1nc(N)nc(N2CCCCC2)n1. The summed E-state index contributed by atoms with van der Waals surface area (Å²) in [6, 6.07) is 0.438. The molecule has 1 unspecified atom stereocenters. The van der Waals surface area contributed by atoms with Gasteiger partial charge in [0.25, 0.3) is 0 Å². The van der Waals surface area contributed by atoms with Gasteiger partial charge >= 0.3 is 0 Å². The van der Waals surface area contributed by atoms with Crippen LogP contribution in [0.3, 0.4) is 0 Å². The Morgan fingerprint density at radius 2 is 1.95 bits per heavy atom. The van der Waals surface area contributed by atoms with Crippen LogP contribution in [0.1, 0.15) is 51.9 Å². The van der Waals surface area contributed by atoms with Crippen molar-refractivity contribution in [1.82, 2.24) is 15.0 Å². The first-order valence-electron chi connectivity index (χ1n) is 8.27. The van der Waals surface area contributed by atoms with Crippen LogP contribution in [0, 0.1) is 5.92 Å². The maximum absolute atomic E-state index is 5.87. The summed E-state index contributed by atoms with van der Waals surface area (Å²) in [7, 11) is 0. The highest BCUT2D eigenvalue weighted by Gasteiger charge is 2.25. The fourth-order valence-electron chi connectivity index (χ4n) is 2.95. The fraction of sp³-hybridized carbons (Fsp3) is 0.800. The number of piperidine rings is 1. The van der Waals surface area contributed by atoms with E-state index in [-0.39, 0.29) is 0 Å². The summed E-state index contributed by atoms with van der Waals surface area (Å²) in [4.78, 5) is 15.4. The molecular formula is C15H26N6. The zero-order chi connectivity index (χ0) is 14.7. The first kappa shape index (κ1) is 14.4. The van der Waals surface area contributed by atoms with Crippen molar-refractivity contribution in [2.75, 3.05) is 29.0 Å². The molecule has 21 heavy (non-hydrogen) atoms. The molecule has 1 aromatic rings. The Morgan fingerprint density at radius 3 is 2.62 bits per heavy atom. The minimum Gasteiger partial charge on any atom is -0.368 e. The van der Waals surface area contributed by atoms with E-state index in [0.717, 1.165) is 31.4 Å². The molecule has 0 radical (unpaired) electrons. The van der Waals surface area contributed by atoms with Gasteiger partial charge in [-0.3, -0.25) is 0 Å². The molecule has 0 bridgehead atoms. The summed E-state index contributed by atoms with van der Waals surface area (Å²) < 4.78 is 0. The second-order valence-corrected chi connectivity index (χ2v) is 6.29. The molecule has 2 aliphatic rings. The van der Waals surface area contributed by atoms with Crippen molar-refractivity contribution in [3.63, 3.8) is 0 Å². The summed E-state index contributed by atoms with van der Waals surface area (Å²) in [5.74, 6) is 2.57. The third-order valence-corrected chi connectivity index (χ3v) is 4.42. The van der Waals surface area contributed by atoms with E-state index in [1.807, 2.05) is 0 Å². The quantitative estimate of drug-likeness (QED) is 0.837. The third-order valence-electron chi connectivity index (χ3n) is 4.42. The van der Waals surface area contributed by atoms with E-state index < -0.39 is 0 Å². The Hall–Kier alpha value is -1.59. The molecule has 116 valence electrons. The van der Waals surface area contributed by atoms with Gasteiger partial charge in [-0.05, 0) is 38.0 Å². The van der Waals surface area contributed by atoms with Crippen LogP contribution in [0.5, 0.6) is 0 Å². The Bertz CT molecular complexity index is 467. The van der Waals surface area contributed by atoms with Gasteiger partial charge in [0.05, 0.1) is 0 Å². The Kier molecular flexibility index (Phi) is 4.41. The fourth-order valence-corrected chi connectivity index (χ4v) is 2.95. The molecule has 1 saturated carbocycles. The highest BCUT2D eigenvalue weighted by Crippen LogP contribution is 2.34. The topological polar surface area (TPSA) is 80.0 Å². The van der Waals surface area contributed by atoms with Crippen LogP contribution in [0.4, 0.5) is 17.8 Å². The molecule has 6 nitrogen and oxygen atoms in total. The maximum atomic E-state index is 5.87. The van der Waals surface area contributed by atoms with Gasteiger partial charge in [-0.25, -0.2) is 0 Å². The minimum atomic E-state index is 0.314. The summed E-state index contributed by atoms with van der Waals surface area (Å²) in [5.41, 5.74) is 5.87. The highest BCUT2D eigenvalue weighted by atomic mass is 15.3. The second-order valence-electron chi connectivity index (χ2n) is 6.29. The standard InChI is InChI=1S/C15H26N6/c1-2-12(10-11-6-7-11)17-14-18-13(16)19-15(20-14)21-8-4-3-5-9-21/h11-12H,2-10H2,1H3,(H3,16,17,18,19,20). The minimum absolute atomic E-state index is 0.314. The van der Waals surface area contributed by atoms with Crippen LogP contribution >= 0.6 is 0 Å². The lowest BCUT2D eigenvalue weighted by atomic mass is 10.1. The lowest BCUT2D eigenvalue weighted by Gasteiger charge is -2.27. The van der Waals surface area contributed by atoms with E-state index in [0.29, 0.717) is 17.9 Å². The summed E-state index contributed by atoms with van der Waals surface area (Å²) in [6.45, 7) is 4.24. The predicted octanol–water partition coefficient (Wildman–Crippen LogP) is 2.43. The van der Waals surface area contributed by atoms with Crippen molar-refractivity contribution in [2.24, 2.45) is 5.92 Å². The van der Waals surface area contributed by atoms with E-state index in [2.05, 4.69) is 32.1 Å². The van der Waals surface area contributed by atoms with Gasteiger partial charge in [0.2, 0.25) is 17.8 Å². The first-order chi connectivity index (χ1) is 10.2. The smallest absolute Gasteiger partial charge is 0.231 e. The van der Waals surface area contributed by atoms with E-state index in [9.17, 15) is 0 Å². The molecule has 1 aliphatic heterocycles. The van der Waals surface area contributed by atoms with Gasteiger partial charge in [0.15, 0.2) is 0 Å². The van der Waals surface area contributed by atoms with Gasteiger partial charge < -0.3 is 16.0 Å². The van der Waals surface area contributed by atoms with Crippen molar-refractivity contribution in [3.05, 3.63) is 0 Å². The molecular weight excluding hydrogens is 264 g/mol. The van der Waals surface area contributed by atoms with Crippen LogP contribution < -0.4 is 16.0 Å². The largest absolute Gasteiger partial charge is 0.368 e. The Labute approximate surface area is 126 Å². The average molecular weight is 290 g/mol. The molecule has 1 aliphatic carbocycles. The number of nitrogen functional groups attached to an aromatic ring is 1. The molecule has 1 atom stereocenters. The van der Waals surface area contributed by atoms with Crippen LogP contribution in [-0.2, 0) is 0 Å². The lowest BCUT2D eigenvalue weighted by molar-refractivity contribution is 0.565. The van der Waals surface area contributed by atoms with Crippen LogP contribution in [-0.4, -0.2) is 34.1 Å². The number of aromatic nitrogens is 3. The number of nitrogens with two attached hydrogens (primary N) is 1. The van der Waals surface area contributed by atoms with E-state index in [4.69, 9.17) is 5.73 Å². The third kappa shape index (κ3) is 3.95. The number of hydrogen-bond donors (Lipinski definition) is 2. The average Bonchev–Trinajstić information content (AvgIpc) is 3.31. The van der Waals surface area contributed by atoms with Gasteiger partial charge in [-0.1, -0.05) is 19.8 Å². The lowest BCUT2D eigenvalue weighted by Crippen LogP contribution is -2.32. The van der Waals surface area contributed by atoms with Crippen molar-refractivity contribution < 1.29 is 0 Å². The van der Waals surface area contributed by atoms with Crippen molar-refractivity contribution >= 4 is 17.8 Å². The summed E-state index contributed by atoms with van der Waals surface area (Å²) in [5, 5.41) is 3.45. The van der Waals surface area contributed by atoms with Crippen LogP contribution in [0.2, 0.25) is 0 Å². The van der Waals surface area contributed by atoms with Gasteiger partial charge in [0, 0.05) is 19.1 Å². The number of hydrogen-bond acceptors (Lipinski definition) is 6. The molecule has 2 fully saturated rings. The molecule has 1 saturated heterocycles. The number of anilines is 3. The number of nitrogens with zero attached hydrogens (tertiary/aromatic N) is 4. The maximum Gasteiger partial charge on any atom is 0.231 e. The number of nitrogens with one attached hydrogen (secondary N) is 1. The molecule has 2 heterocycles. The normalized spacial score (nSPS) is 20.3. The molecule has 3 rings (SSSR count). The first-order valence-corrected chi connectivity index (χ1v) is 8.27. The zero-order valence-electron chi connectivity index (χ0n) is 12.9. The summed E-state index contributed by atoms with van der Waals surface area (Å²) >= 11 is 0. The zero-order valence-corrected chi connectivity index (χ0v) is 12.9. The second kappa shape index (κ2) is 6.45. The predicted molar refractivity (Wildman–Crippen MR) is 85.3 cm³/mol. The van der Waals surface area contributed by atoms with Crippen LogP contribution in [0.15, 0.2) is 0 Å². The molecule has 0 aromatic carbocycles. The Balaban J connectivity index is 1.69.